The number of hydrogen-bond acceptors (Lipinski definition) is 1. The Labute approximate surface area is 92.1 Å². The number of nitrogens with one attached hydrogen (secondary N) is 1. The fourth-order valence-corrected chi connectivity index (χ4v) is 1.78. The Bertz CT molecular complexity index is 351. The lowest BCUT2D eigenvalue weighted by Gasteiger charge is -2.11. The van der Waals surface area contributed by atoms with E-state index in [2.05, 4.69) is 5.32 Å². The van der Waals surface area contributed by atoms with E-state index in [0.29, 0.717) is 6.07 Å². The summed E-state index contributed by atoms with van der Waals surface area (Å²) in [6.45, 7) is 0.766. The highest BCUT2D eigenvalue weighted by atomic mass is 35.5. The van der Waals surface area contributed by atoms with Crippen molar-refractivity contribution in [2.24, 2.45) is 0 Å². The normalized spacial score (nSPS) is 20.1. The molecule has 0 aromatic heterocycles. The third-order valence-corrected chi connectivity index (χ3v) is 2.46. The lowest BCUT2D eigenvalue weighted by Crippen LogP contribution is -2.15. The molecular weight excluding hydrogens is 227 g/mol. The van der Waals surface area contributed by atoms with Crippen LogP contribution in [0.3, 0.4) is 0 Å². The van der Waals surface area contributed by atoms with Gasteiger partial charge in [0, 0.05) is 17.7 Å². The summed E-state index contributed by atoms with van der Waals surface area (Å²) in [7, 11) is 0. The fourth-order valence-electron chi connectivity index (χ4n) is 1.78. The van der Waals surface area contributed by atoms with Crippen LogP contribution in [0.2, 0.25) is 0 Å². The first-order chi connectivity index (χ1) is 6.68. The van der Waals surface area contributed by atoms with Gasteiger partial charge >= 0.3 is 0 Å². The largest absolute Gasteiger partial charge is 0.310 e. The Kier molecular flexibility index (Phi) is 3.99. The molecule has 1 N–H and O–H groups in total. The summed E-state index contributed by atoms with van der Waals surface area (Å²) < 4.78 is 38.9. The topological polar surface area (TPSA) is 12.0 Å². The summed E-state index contributed by atoms with van der Waals surface area (Å²) >= 11 is 0. The Hall–Kier alpha value is -0.740. The molecular formula is C10H11ClF3N. The second kappa shape index (κ2) is 4.86. The van der Waals surface area contributed by atoms with Crippen LogP contribution < -0.4 is 5.32 Å². The van der Waals surface area contributed by atoms with E-state index in [9.17, 15) is 13.2 Å². The van der Waals surface area contributed by atoms with Crippen molar-refractivity contribution in [1.29, 1.82) is 0 Å². The van der Waals surface area contributed by atoms with Gasteiger partial charge in [0.1, 0.15) is 5.82 Å². The van der Waals surface area contributed by atoms with Crippen LogP contribution in [-0.2, 0) is 0 Å². The van der Waals surface area contributed by atoms with Gasteiger partial charge in [0.05, 0.1) is 0 Å². The van der Waals surface area contributed by atoms with Gasteiger partial charge in [-0.25, -0.2) is 13.2 Å². The Morgan fingerprint density at radius 2 is 1.93 bits per heavy atom. The molecule has 1 saturated heterocycles. The maximum absolute atomic E-state index is 13.3. The minimum absolute atomic E-state index is 0. The van der Waals surface area contributed by atoms with Gasteiger partial charge < -0.3 is 5.32 Å². The monoisotopic (exact) mass is 237 g/mol. The van der Waals surface area contributed by atoms with Crippen LogP contribution in [0.1, 0.15) is 24.4 Å². The summed E-state index contributed by atoms with van der Waals surface area (Å²) in [5.41, 5.74) is 0.0972. The maximum atomic E-state index is 13.3. The molecule has 15 heavy (non-hydrogen) atoms. The zero-order valence-electron chi connectivity index (χ0n) is 7.90. The van der Waals surface area contributed by atoms with E-state index < -0.39 is 17.5 Å². The lowest BCUT2D eigenvalue weighted by atomic mass is 10.0. The van der Waals surface area contributed by atoms with Gasteiger partial charge in [0.25, 0.3) is 0 Å². The number of hydrogen-bond donors (Lipinski definition) is 1. The lowest BCUT2D eigenvalue weighted by molar-refractivity contribution is 0.468. The minimum Gasteiger partial charge on any atom is -0.310 e. The van der Waals surface area contributed by atoms with E-state index in [0.717, 1.165) is 25.5 Å². The van der Waals surface area contributed by atoms with Crippen LogP contribution in [0, 0.1) is 17.5 Å². The molecule has 1 heterocycles. The van der Waals surface area contributed by atoms with E-state index in [1.165, 1.54) is 0 Å². The maximum Gasteiger partial charge on any atom is 0.163 e. The minimum atomic E-state index is -1.12. The van der Waals surface area contributed by atoms with Crippen molar-refractivity contribution in [3.8, 4) is 0 Å². The molecule has 1 nitrogen and oxygen atoms in total. The molecule has 1 aliphatic rings. The zero-order chi connectivity index (χ0) is 10.1. The number of halogens is 4. The molecule has 0 saturated carbocycles. The fraction of sp³-hybridized carbons (Fsp3) is 0.400. The summed E-state index contributed by atoms with van der Waals surface area (Å²) in [6.07, 6.45) is 1.63. The molecule has 0 unspecified atom stereocenters. The molecule has 1 aromatic carbocycles. The third-order valence-electron chi connectivity index (χ3n) is 2.46. The highest BCUT2D eigenvalue weighted by Crippen LogP contribution is 2.27. The summed E-state index contributed by atoms with van der Waals surface area (Å²) in [6, 6.07) is 1.37. The van der Waals surface area contributed by atoms with E-state index in [1.54, 1.807) is 0 Å². The smallest absolute Gasteiger partial charge is 0.163 e. The molecule has 0 spiro atoms. The van der Waals surface area contributed by atoms with E-state index in [4.69, 9.17) is 0 Å². The van der Waals surface area contributed by atoms with Gasteiger partial charge in [0.15, 0.2) is 11.6 Å². The first-order valence-electron chi connectivity index (χ1n) is 4.56. The predicted octanol–water partition coefficient (Wildman–Crippen LogP) is 2.95. The second-order valence-electron chi connectivity index (χ2n) is 3.44. The van der Waals surface area contributed by atoms with Crippen molar-refractivity contribution in [3.63, 3.8) is 0 Å². The molecule has 0 aliphatic carbocycles. The van der Waals surface area contributed by atoms with Crippen LogP contribution in [0.5, 0.6) is 0 Å². The van der Waals surface area contributed by atoms with Gasteiger partial charge in [-0.2, -0.15) is 0 Å². The molecule has 0 radical (unpaired) electrons. The zero-order valence-corrected chi connectivity index (χ0v) is 8.71. The van der Waals surface area contributed by atoms with Gasteiger partial charge in [-0.1, -0.05) is 0 Å². The van der Waals surface area contributed by atoms with E-state index >= 15 is 0 Å². The molecule has 1 aromatic rings. The predicted molar refractivity (Wildman–Crippen MR) is 53.5 cm³/mol. The average Bonchev–Trinajstić information content (AvgIpc) is 2.63. The molecule has 0 bridgehead atoms. The van der Waals surface area contributed by atoms with Crippen LogP contribution in [0.25, 0.3) is 0 Å². The highest BCUT2D eigenvalue weighted by molar-refractivity contribution is 5.85. The van der Waals surface area contributed by atoms with Crippen LogP contribution in [0.15, 0.2) is 12.1 Å². The van der Waals surface area contributed by atoms with Crippen molar-refractivity contribution in [3.05, 3.63) is 35.1 Å². The molecule has 1 fully saturated rings. The Morgan fingerprint density at radius 3 is 2.53 bits per heavy atom. The van der Waals surface area contributed by atoms with Gasteiger partial charge in [0.2, 0.25) is 0 Å². The average molecular weight is 238 g/mol. The van der Waals surface area contributed by atoms with Crippen molar-refractivity contribution >= 4 is 12.4 Å². The third kappa shape index (κ3) is 2.44. The molecule has 1 atom stereocenters. The quantitative estimate of drug-likeness (QED) is 0.741. The van der Waals surface area contributed by atoms with Crippen molar-refractivity contribution < 1.29 is 13.2 Å². The SMILES string of the molecule is Cl.Fc1cc(F)c(F)c([C@@H]2CCCN2)c1. The first kappa shape index (κ1) is 12.3. The van der Waals surface area contributed by atoms with Crippen molar-refractivity contribution in [2.75, 3.05) is 6.54 Å². The summed E-state index contributed by atoms with van der Waals surface area (Å²) in [4.78, 5) is 0. The summed E-state index contributed by atoms with van der Waals surface area (Å²) in [5, 5.41) is 2.99. The Balaban J connectivity index is 0.00000112. The Morgan fingerprint density at radius 1 is 1.20 bits per heavy atom. The van der Waals surface area contributed by atoms with Crippen LogP contribution in [0.4, 0.5) is 13.2 Å². The van der Waals surface area contributed by atoms with E-state index in [-0.39, 0.29) is 24.0 Å². The molecule has 84 valence electrons. The van der Waals surface area contributed by atoms with E-state index in [1.807, 2.05) is 0 Å². The van der Waals surface area contributed by atoms with Crippen LogP contribution >= 0.6 is 12.4 Å². The van der Waals surface area contributed by atoms with Crippen molar-refractivity contribution in [1.82, 2.24) is 5.32 Å². The molecule has 1 aliphatic heterocycles. The van der Waals surface area contributed by atoms with Gasteiger partial charge in [-0.15, -0.1) is 12.4 Å². The second-order valence-corrected chi connectivity index (χ2v) is 3.44. The summed E-state index contributed by atoms with van der Waals surface area (Å²) in [5.74, 6) is -2.79. The van der Waals surface area contributed by atoms with Crippen molar-refractivity contribution in [2.45, 2.75) is 18.9 Å². The number of benzene rings is 1. The first-order valence-corrected chi connectivity index (χ1v) is 4.56. The molecule has 5 heteroatoms. The van der Waals surface area contributed by atoms with Gasteiger partial charge in [-0.05, 0) is 25.5 Å². The van der Waals surface area contributed by atoms with Crippen LogP contribution in [-0.4, -0.2) is 6.54 Å². The highest BCUT2D eigenvalue weighted by Gasteiger charge is 2.22. The number of rotatable bonds is 1. The molecule has 2 rings (SSSR count). The van der Waals surface area contributed by atoms with Gasteiger partial charge in [-0.3, -0.25) is 0 Å². The molecule has 0 amide bonds. The standard InChI is InChI=1S/C10H10F3N.ClH/c11-6-4-7(9-2-1-3-14-9)10(13)8(12)5-6;/h4-5,9,14H,1-3H2;1H/t9-;/m0./s1.